The third-order valence-corrected chi connectivity index (χ3v) is 4.34. The lowest BCUT2D eigenvalue weighted by atomic mass is 10.1. The number of carbonyl (C=O) groups is 2. The van der Waals surface area contributed by atoms with Crippen LogP contribution in [0, 0.1) is 0 Å². The molecule has 1 heterocycles. The fraction of sp³-hybridized carbons (Fsp3) is 0.600. The Balaban J connectivity index is 1.91. The van der Waals surface area contributed by atoms with Gasteiger partial charge in [-0.1, -0.05) is 6.07 Å². The van der Waals surface area contributed by atoms with Gasteiger partial charge in [-0.2, -0.15) is 8.78 Å². The van der Waals surface area contributed by atoms with Crippen molar-refractivity contribution in [2.24, 2.45) is 0 Å². The number of amides is 2. The first kappa shape index (κ1) is 22.7. The van der Waals surface area contributed by atoms with Crippen LogP contribution in [0.2, 0.25) is 0 Å². The molecule has 9 heteroatoms. The Labute approximate surface area is 169 Å². The Morgan fingerprint density at radius 2 is 2.00 bits per heavy atom. The molecule has 1 aromatic rings. The Kier molecular flexibility index (Phi) is 7.64. The summed E-state index contributed by atoms with van der Waals surface area (Å²) < 4.78 is 39.9. The molecule has 0 saturated carbocycles. The topological polar surface area (TPSA) is 77.1 Å². The van der Waals surface area contributed by atoms with E-state index in [4.69, 9.17) is 9.47 Å². The number of carbonyl (C=O) groups excluding carboxylic acids is 2. The number of benzene rings is 1. The first-order valence-electron chi connectivity index (χ1n) is 9.50. The number of nitrogens with zero attached hydrogens (tertiary/aromatic N) is 1. The molecule has 0 aliphatic carbocycles. The van der Waals surface area contributed by atoms with Crippen LogP contribution in [-0.2, 0) is 16.0 Å². The van der Waals surface area contributed by atoms with Gasteiger partial charge in [-0.25, -0.2) is 4.79 Å². The second-order valence-electron chi connectivity index (χ2n) is 7.74. The number of halogens is 2. The first-order valence-corrected chi connectivity index (χ1v) is 9.50. The van der Waals surface area contributed by atoms with Crippen LogP contribution in [0.5, 0.6) is 11.5 Å². The summed E-state index contributed by atoms with van der Waals surface area (Å²) in [5.41, 5.74) is 0.0738. The van der Waals surface area contributed by atoms with Gasteiger partial charge in [-0.15, -0.1) is 0 Å². The summed E-state index contributed by atoms with van der Waals surface area (Å²) >= 11 is 0. The van der Waals surface area contributed by atoms with E-state index in [1.54, 1.807) is 26.8 Å². The maximum atomic E-state index is 12.5. The van der Waals surface area contributed by atoms with Gasteiger partial charge in [-0.05, 0) is 57.7 Å². The highest BCUT2D eigenvalue weighted by atomic mass is 19.3. The molecule has 1 fully saturated rings. The van der Waals surface area contributed by atoms with E-state index < -0.39 is 24.3 Å². The van der Waals surface area contributed by atoms with E-state index >= 15 is 0 Å². The lowest BCUT2D eigenvalue weighted by molar-refractivity contribution is -0.125. The van der Waals surface area contributed by atoms with Crippen molar-refractivity contribution in [3.05, 3.63) is 23.8 Å². The third-order valence-electron chi connectivity index (χ3n) is 4.34. The average molecular weight is 414 g/mol. The van der Waals surface area contributed by atoms with Gasteiger partial charge in [0.25, 0.3) is 0 Å². The maximum Gasteiger partial charge on any atom is 0.410 e. The highest BCUT2D eigenvalue weighted by Gasteiger charge is 2.36. The molecule has 7 nitrogen and oxygen atoms in total. The van der Waals surface area contributed by atoms with Crippen LogP contribution in [0.15, 0.2) is 18.2 Å². The van der Waals surface area contributed by atoms with Crippen LogP contribution in [0.1, 0.15) is 39.2 Å². The van der Waals surface area contributed by atoms with E-state index in [0.29, 0.717) is 24.9 Å². The normalized spacial score (nSPS) is 16.7. The standard InChI is InChI=1S/C20H28F2N2O5/c1-20(2,3)29-19(26)24-11-5-6-14(24)17(25)23-10-9-13-7-8-15(27-4)16(12-13)28-18(21)22/h7-8,12,14,18H,5-6,9-11H2,1-4H3,(H,23,25). The second kappa shape index (κ2) is 9.76. The highest BCUT2D eigenvalue weighted by molar-refractivity contribution is 5.86. The van der Waals surface area contributed by atoms with Crippen molar-refractivity contribution in [3.63, 3.8) is 0 Å². The molecule has 2 amide bonds. The largest absolute Gasteiger partial charge is 0.493 e. The molecular formula is C20H28F2N2O5. The summed E-state index contributed by atoms with van der Waals surface area (Å²) in [5, 5.41) is 2.80. The summed E-state index contributed by atoms with van der Waals surface area (Å²) in [7, 11) is 1.37. The minimum absolute atomic E-state index is 0.0572. The van der Waals surface area contributed by atoms with E-state index in [0.717, 1.165) is 6.42 Å². The number of nitrogens with one attached hydrogen (secondary N) is 1. The minimum Gasteiger partial charge on any atom is -0.493 e. The molecule has 0 aromatic heterocycles. The highest BCUT2D eigenvalue weighted by Crippen LogP contribution is 2.29. The zero-order chi connectivity index (χ0) is 21.6. The van der Waals surface area contributed by atoms with Crippen molar-refractivity contribution in [3.8, 4) is 11.5 Å². The van der Waals surface area contributed by atoms with Gasteiger partial charge >= 0.3 is 12.7 Å². The predicted octanol–water partition coefficient (Wildman–Crippen LogP) is 3.35. The Hall–Kier alpha value is -2.58. The SMILES string of the molecule is COc1ccc(CCNC(=O)C2CCCN2C(=O)OC(C)(C)C)cc1OC(F)F. The van der Waals surface area contributed by atoms with E-state index in [1.807, 2.05) is 0 Å². The van der Waals surface area contributed by atoms with Gasteiger partial charge in [-0.3, -0.25) is 9.69 Å². The molecule has 1 aliphatic heterocycles. The van der Waals surface area contributed by atoms with Crippen LogP contribution in [0.25, 0.3) is 0 Å². The van der Waals surface area contributed by atoms with Gasteiger partial charge in [0.05, 0.1) is 7.11 Å². The van der Waals surface area contributed by atoms with E-state index in [9.17, 15) is 18.4 Å². The molecule has 29 heavy (non-hydrogen) atoms. The lowest BCUT2D eigenvalue weighted by Crippen LogP contribution is -2.47. The number of alkyl halides is 2. The van der Waals surface area contributed by atoms with Crippen molar-refractivity contribution in [1.29, 1.82) is 0 Å². The Morgan fingerprint density at radius 3 is 2.62 bits per heavy atom. The fourth-order valence-corrected chi connectivity index (χ4v) is 3.09. The van der Waals surface area contributed by atoms with Crippen LogP contribution in [0.3, 0.4) is 0 Å². The van der Waals surface area contributed by atoms with E-state index in [1.165, 1.54) is 24.1 Å². The summed E-state index contributed by atoms with van der Waals surface area (Å²) in [6, 6.07) is 4.14. The molecule has 162 valence electrons. The monoisotopic (exact) mass is 414 g/mol. The fourth-order valence-electron chi connectivity index (χ4n) is 3.09. The number of hydrogen-bond acceptors (Lipinski definition) is 5. The number of rotatable bonds is 7. The van der Waals surface area contributed by atoms with E-state index in [-0.39, 0.29) is 24.0 Å². The molecule has 1 aliphatic rings. The van der Waals surface area contributed by atoms with Gasteiger partial charge in [0, 0.05) is 13.1 Å². The molecular weight excluding hydrogens is 386 g/mol. The molecule has 1 N–H and O–H groups in total. The smallest absolute Gasteiger partial charge is 0.410 e. The zero-order valence-corrected chi connectivity index (χ0v) is 17.2. The number of methoxy groups -OCH3 is 1. The van der Waals surface area contributed by atoms with Gasteiger partial charge in [0.1, 0.15) is 11.6 Å². The van der Waals surface area contributed by atoms with Gasteiger partial charge in [0.15, 0.2) is 11.5 Å². The summed E-state index contributed by atoms with van der Waals surface area (Å²) in [4.78, 5) is 26.3. The van der Waals surface area contributed by atoms with Crippen LogP contribution in [0.4, 0.5) is 13.6 Å². The van der Waals surface area contributed by atoms with Crippen LogP contribution in [-0.4, -0.2) is 55.4 Å². The molecule has 0 radical (unpaired) electrons. The van der Waals surface area contributed by atoms with Crippen LogP contribution >= 0.6 is 0 Å². The molecule has 1 unspecified atom stereocenters. The molecule has 2 rings (SSSR count). The van der Waals surface area contributed by atoms with Crippen molar-refractivity contribution >= 4 is 12.0 Å². The van der Waals surface area contributed by atoms with Crippen molar-refractivity contribution in [2.75, 3.05) is 20.2 Å². The summed E-state index contributed by atoms with van der Waals surface area (Å²) in [5.74, 6) is -0.110. The second-order valence-corrected chi connectivity index (χ2v) is 7.74. The maximum absolute atomic E-state index is 12.5. The quantitative estimate of drug-likeness (QED) is 0.740. The molecule has 0 spiro atoms. The first-order chi connectivity index (χ1) is 13.6. The lowest BCUT2D eigenvalue weighted by Gasteiger charge is -2.28. The predicted molar refractivity (Wildman–Crippen MR) is 102 cm³/mol. The molecule has 1 aromatic carbocycles. The molecule has 1 atom stereocenters. The minimum atomic E-state index is -2.96. The van der Waals surface area contributed by atoms with Crippen molar-refractivity contribution in [1.82, 2.24) is 10.2 Å². The molecule has 1 saturated heterocycles. The number of ether oxygens (including phenoxy) is 3. The van der Waals surface area contributed by atoms with E-state index in [2.05, 4.69) is 10.1 Å². The Morgan fingerprint density at radius 1 is 1.28 bits per heavy atom. The zero-order valence-electron chi connectivity index (χ0n) is 17.2. The van der Waals surface area contributed by atoms with Crippen molar-refractivity contribution < 1.29 is 32.6 Å². The summed E-state index contributed by atoms with van der Waals surface area (Å²) in [6.45, 7) is 3.13. The van der Waals surface area contributed by atoms with Crippen LogP contribution < -0.4 is 14.8 Å². The molecule has 0 bridgehead atoms. The summed E-state index contributed by atoms with van der Waals surface area (Å²) in [6.07, 6.45) is 1.21. The van der Waals surface area contributed by atoms with Crippen molar-refractivity contribution in [2.45, 2.75) is 58.3 Å². The average Bonchev–Trinajstić information content (AvgIpc) is 3.10. The third kappa shape index (κ3) is 6.76. The van der Waals surface area contributed by atoms with Gasteiger partial charge < -0.3 is 19.5 Å². The van der Waals surface area contributed by atoms with Gasteiger partial charge in [0.2, 0.25) is 5.91 Å². The number of likely N-dealkylation sites (tertiary alicyclic amines) is 1. The Bertz CT molecular complexity index is 721. The number of hydrogen-bond donors (Lipinski definition) is 1.